The second kappa shape index (κ2) is 8.22. The van der Waals surface area contributed by atoms with Crippen molar-refractivity contribution in [2.45, 2.75) is 27.0 Å². The molecule has 0 amide bonds. The summed E-state index contributed by atoms with van der Waals surface area (Å²) in [4.78, 5) is 2.26. The fourth-order valence-corrected chi connectivity index (χ4v) is 1.26. The lowest BCUT2D eigenvalue weighted by Gasteiger charge is -2.15. The van der Waals surface area contributed by atoms with Crippen LogP contribution < -0.4 is 0 Å². The zero-order valence-electron chi connectivity index (χ0n) is 10.4. The number of hydrogen-bond acceptors (Lipinski definition) is 5. The van der Waals surface area contributed by atoms with E-state index in [1.54, 1.807) is 0 Å². The second-order valence-corrected chi connectivity index (χ2v) is 4.33. The number of aliphatic hydroxyl groups is 1. The summed E-state index contributed by atoms with van der Waals surface area (Å²) in [7, 11) is -4.67. The maximum atomic E-state index is 8.79. The minimum atomic E-state index is -4.67. The van der Waals surface area contributed by atoms with Crippen LogP contribution in [-0.4, -0.2) is 40.6 Å². The number of aliphatic hydroxyl groups excluding tert-OH is 1. The monoisotopic (exact) mass is 281 g/mol. The molecule has 7 nitrogen and oxygen atoms in total. The third kappa shape index (κ3) is 9.14. The highest BCUT2D eigenvalue weighted by atomic mass is 32.3. The van der Waals surface area contributed by atoms with E-state index in [9.17, 15) is 0 Å². The number of hydrogen-bond donors (Lipinski definition) is 3. The molecule has 0 aromatic carbocycles. The minimum Gasteiger partial charge on any atom is -0.462 e. The summed E-state index contributed by atoms with van der Waals surface area (Å²) in [6.07, 6.45) is 0. The van der Waals surface area contributed by atoms with E-state index in [1.165, 1.54) is 0 Å². The van der Waals surface area contributed by atoms with Crippen molar-refractivity contribution in [2.75, 3.05) is 13.1 Å². The van der Waals surface area contributed by atoms with E-state index >= 15 is 0 Å². The van der Waals surface area contributed by atoms with Crippen LogP contribution in [0.3, 0.4) is 0 Å². The van der Waals surface area contributed by atoms with Gasteiger partial charge in [0.25, 0.3) is 0 Å². The Morgan fingerprint density at radius 3 is 1.94 bits per heavy atom. The molecule has 0 saturated carbocycles. The van der Waals surface area contributed by atoms with Crippen molar-refractivity contribution >= 4 is 10.4 Å². The molecule has 0 fully saturated rings. The van der Waals surface area contributed by atoms with Gasteiger partial charge in [-0.05, 0) is 25.2 Å². The quantitative estimate of drug-likeness (QED) is 0.689. The number of nitrogens with zero attached hydrogens (tertiary/aromatic N) is 1. The first kappa shape index (κ1) is 17.1. The van der Waals surface area contributed by atoms with Crippen LogP contribution in [0.4, 0.5) is 0 Å². The van der Waals surface area contributed by atoms with E-state index < -0.39 is 10.4 Å². The molecule has 1 aromatic rings. The second-order valence-electron chi connectivity index (χ2n) is 3.44. The largest absolute Gasteiger partial charge is 0.462 e. The van der Waals surface area contributed by atoms with Crippen molar-refractivity contribution < 1.29 is 27.0 Å². The predicted octanol–water partition coefficient (Wildman–Crippen LogP) is 0.961. The molecule has 0 aliphatic rings. The molecule has 0 bridgehead atoms. The number of rotatable bonds is 5. The number of furan rings is 1. The van der Waals surface area contributed by atoms with E-state index in [-0.39, 0.29) is 6.61 Å². The van der Waals surface area contributed by atoms with Crippen LogP contribution in [0.5, 0.6) is 0 Å². The lowest BCUT2D eigenvalue weighted by Crippen LogP contribution is -2.21. The van der Waals surface area contributed by atoms with Gasteiger partial charge in [0.1, 0.15) is 18.1 Å². The fraction of sp³-hybridized carbons (Fsp3) is 0.600. The minimum absolute atomic E-state index is 0.0156. The first-order chi connectivity index (χ1) is 8.30. The van der Waals surface area contributed by atoms with Gasteiger partial charge in [-0.3, -0.25) is 14.0 Å². The summed E-state index contributed by atoms with van der Waals surface area (Å²) in [5.41, 5.74) is 0. The average Bonchev–Trinajstić information content (AvgIpc) is 2.71. The van der Waals surface area contributed by atoms with Crippen LogP contribution in [0.1, 0.15) is 25.4 Å². The first-order valence-electron chi connectivity index (χ1n) is 5.40. The maximum Gasteiger partial charge on any atom is 0.394 e. The Kier molecular flexibility index (Phi) is 7.80. The van der Waals surface area contributed by atoms with E-state index in [2.05, 4.69) is 18.7 Å². The summed E-state index contributed by atoms with van der Waals surface area (Å²) >= 11 is 0. The lowest BCUT2D eigenvalue weighted by atomic mass is 10.4. The Hall–Kier alpha value is -0.930. The molecule has 0 atom stereocenters. The van der Waals surface area contributed by atoms with Crippen LogP contribution in [0.2, 0.25) is 0 Å². The van der Waals surface area contributed by atoms with Crippen molar-refractivity contribution in [3.63, 3.8) is 0 Å². The molecule has 1 rings (SSSR count). The molecule has 106 valence electrons. The van der Waals surface area contributed by atoms with Gasteiger partial charge in [0.15, 0.2) is 0 Å². The highest BCUT2D eigenvalue weighted by Crippen LogP contribution is 2.10. The van der Waals surface area contributed by atoms with Gasteiger partial charge in [-0.2, -0.15) is 8.42 Å². The third-order valence-corrected chi connectivity index (χ3v) is 2.15. The molecule has 0 radical (unpaired) electrons. The summed E-state index contributed by atoms with van der Waals surface area (Å²) in [6, 6.07) is 3.74. The fourth-order valence-electron chi connectivity index (χ4n) is 1.26. The zero-order valence-corrected chi connectivity index (χ0v) is 11.2. The molecule has 0 unspecified atom stereocenters. The molecule has 0 aliphatic heterocycles. The molecule has 3 N–H and O–H groups in total. The molecule has 1 heterocycles. The highest BCUT2D eigenvalue weighted by molar-refractivity contribution is 7.79. The average molecular weight is 281 g/mol. The molecular formula is C10H19NO6S. The molecule has 0 saturated heterocycles. The van der Waals surface area contributed by atoms with E-state index in [0.717, 1.165) is 25.4 Å². The van der Waals surface area contributed by atoms with Gasteiger partial charge >= 0.3 is 10.4 Å². The Balaban J connectivity index is 0.000000494. The van der Waals surface area contributed by atoms with Crippen LogP contribution in [0.25, 0.3) is 0 Å². The summed E-state index contributed by atoms with van der Waals surface area (Å²) < 4.78 is 37.0. The van der Waals surface area contributed by atoms with E-state index in [0.29, 0.717) is 5.76 Å². The molecule has 18 heavy (non-hydrogen) atoms. The Morgan fingerprint density at radius 1 is 1.17 bits per heavy atom. The van der Waals surface area contributed by atoms with Crippen LogP contribution in [0, 0.1) is 0 Å². The van der Waals surface area contributed by atoms with Gasteiger partial charge < -0.3 is 9.52 Å². The van der Waals surface area contributed by atoms with Crippen molar-refractivity contribution in [2.24, 2.45) is 0 Å². The standard InChI is InChI=1S/C10H17NO2.H2O4S/c1-3-11(4-2)7-9-5-6-10(8-12)13-9;1-5(2,3)4/h5-6,12H,3-4,7-8H2,1-2H3;(H2,1,2,3,4). The van der Waals surface area contributed by atoms with Crippen molar-refractivity contribution in [3.8, 4) is 0 Å². The van der Waals surface area contributed by atoms with Crippen molar-refractivity contribution in [3.05, 3.63) is 23.7 Å². The topological polar surface area (TPSA) is 111 Å². The Bertz CT molecular complexity index is 415. The smallest absolute Gasteiger partial charge is 0.394 e. The van der Waals surface area contributed by atoms with Gasteiger partial charge in [-0.1, -0.05) is 13.8 Å². The van der Waals surface area contributed by atoms with Crippen LogP contribution in [-0.2, 0) is 23.6 Å². The molecular weight excluding hydrogens is 262 g/mol. The van der Waals surface area contributed by atoms with Gasteiger partial charge in [-0.15, -0.1) is 0 Å². The maximum absolute atomic E-state index is 8.79. The van der Waals surface area contributed by atoms with Gasteiger partial charge in [-0.25, -0.2) is 0 Å². The van der Waals surface area contributed by atoms with Crippen LogP contribution >= 0.6 is 0 Å². The molecule has 0 spiro atoms. The summed E-state index contributed by atoms with van der Waals surface area (Å²) in [6.45, 7) is 7.10. The van der Waals surface area contributed by atoms with Crippen molar-refractivity contribution in [1.82, 2.24) is 4.90 Å². The predicted molar refractivity (Wildman–Crippen MR) is 65.4 cm³/mol. The first-order valence-corrected chi connectivity index (χ1v) is 6.80. The van der Waals surface area contributed by atoms with E-state index in [4.69, 9.17) is 27.0 Å². The third-order valence-electron chi connectivity index (χ3n) is 2.15. The van der Waals surface area contributed by atoms with Gasteiger partial charge in [0, 0.05) is 0 Å². The lowest BCUT2D eigenvalue weighted by molar-refractivity contribution is 0.227. The van der Waals surface area contributed by atoms with Gasteiger partial charge in [0.05, 0.1) is 6.54 Å². The summed E-state index contributed by atoms with van der Waals surface area (Å²) in [5, 5.41) is 8.79. The van der Waals surface area contributed by atoms with E-state index in [1.807, 2.05) is 12.1 Å². The molecule has 1 aromatic heterocycles. The zero-order chi connectivity index (χ0) is 14.2. The molecule has 0 aliphatic carbocycles. The van der Waals surface area contributed by atoms with Crippen molar-refractivity contribution in [1.29, 1.82) is 0 Å². The Labute approximate surface area is 107 Å². The SMILES string of the molecule is CCN(CC)Cc1ccc(CO)o1.O=S(=O)(O)O. The Morgan fingerprint density at radius 2 is 1.61 bits per heavy atom. The van der Waals surface area contributed by atoms with Gasteiger partial charge in [0.2, 0.25) is 0 Å². The van der Waals surface area contributed by atoms with Crippen LogP contribution in [0.15, 0.2) is 16.5 Å². The summed E-state index contributed by atoms with van der Waals surface area (Å²) in [5.74, 6) is 1.56. The normalized spacial score (nSPS) is 11.2. The molecule has 8 heteroatoms. The highest BCUT2D eigenvalue weighted by Gasteiger charge is 2.04.